The van der Waals surface area contributed by atoms with E-state index in [0.29, 0.717) is 11.5 Å². The summed E-state index contributed by atoms with van der Waals surface area (Å²) < 4.78 is 0. The molecule has 0 radical (unpaired) electrons. The first-order chi connectivity index (χ1) is 11.7. The molecule has 6 heteroatoms. The maximum Gasteiger partial charge on any atom is 0.253 e. The second-order valence-electron chi connectivity index (χ2n) is 6.59. The molecule has 0 bridgehead atoms. The summed E-state index contributed by atoms with van der Waals surface area (Å²) in [5.41, 5.74) is 1.42. The van der Waals surface area contributed by atoms with Crippen LogP contribution in [0.25, 0.3) is 21.7 Å². The number of rotatable bonds is 2. The molecule has 1 saturated heterocycles. The molecule has 1 aliphatic rings. The SMILES string of the molecule is CC1CCNCC1NC(=O)c1cc2ccccc2c2cccnc12.Cl.Cl. The van der Waals surface area contributed by atoms with Crippen LogP contribution in [-0.4, -0.2) is 30.0 Å². The molecule has 138 valence electrons. The molecule has 2 atom stereocenters. The number of benzene rings is 2. The predicted octanol–water partition coefficient (Wildman–Crippen LogP) is 3.96. The zero-order valence-corrected chi connectivity index (χ0v) is 16.2. The topological polar surface area (TPSA) is 54.0 Å². The molecule has 0 saturated carbocycles. The minimum absolute atomic E-state index is 0. The number of aromatic nitrogens is 1. The highest BCUT2D eigenvalue weighted by atomic mass is 35.5. The summed E-state index contributed by atoms with van der Waals surface area (Å²) in [6, 6.07) is 14.2. The molecule has 2 heterocycles. The number of nitrogens with zero attached hydrogens (tertiary/aromatic N) is 1. The number of halogens is 2. The first-order valence-corrected chi connectivity index (χ1v) is 8.52. The van der Waals surface area contributed by atoms with E-state index < -0.39 is 0 Å². The van der Waals surface area contributed by atoms with Crippen LogP contribution in [0.4, 0.5) is 0 Å². The van der Waals surface area contributed by atoms with E-state index in [1.165, 1.54) is 0 Å². The molecular formula is C20H23Cl2N3O. The number of hydrogen-bond donors (Lipinski definition) is 2. The molecule has 1 fully saturated rings. The zero-order valence-electron chi connectivity index (χ0n) is 14.6. The number of fused-ring (bicyclic) bond motifs is 3. The molecule has 4 nitrogen and oxygen atoms in total. The van der Waals surface area contributed by atoms with Gasteiger partial charge in [-0.25, -0.2) is 0 Å². The molecule has 3 aromatic rings. The smallest absolute Gasteiger partial charge is 0.253 e. The van der Waals surface area contributed by atoms with Gasteiger partial charge in [-0.05, 0) is 41.8 Å². The van der Waals surface area contributed by atoms with Gasteiger partial charge in [0.05, 0.1) is 11.1 Å². The summed E-state index contributed by atoms with van der Waals surface area (Å²) in [5, 5.41) is 9.78. The monoisotopic (exact) mass is 391 g/mol. The highest BCUT2D eigenvalue weighted by Gasteiger charge is 2.24. The van der Waals surface area contributed by atoms with Crippen molar-refractivity contribution in [3.8, 4) is 0 Å². The fourth-order valence-corrected chi connectivity index (χ4v) is 3.53. The second kappa shape index (κ2) is 8.67. The van der Waals surface area contributed by atoms with Crippen LogP contribution in [0.1, 0.15) is 23.7 Å². The van der Waals surface area contributed by atoms with Gasteiger partial charge in [0.25, 0.3) is 5.91 Å². The normalized spacial score (nSPS) is 19.4. The van der Waals surface area contributed by atoms with Crippen LogP contribution in [-0.2, 0) is 0 Å². The Morgan fingerprint density at radius 3 is 2.73 bits per heavy atom. The number of nitrogens with one attached hydrogen (secondary N) is 2. The fraction of sp³-hybridized carbons (Fsp3) is 0.300. The van der Waals surface area contributed by atoms with E-state index in [2.05, 4.69) is 28.6 Å². The zero-order chi connectivity index (χ0) is 16.5. The number of carbonyl (C=O) groups is 1. The Labute approximate surface area is 165 Å². The quantitative estimate of drug-likeness (QED) is 0.650. The molecule has 1 amide bonds. The molecular weight excluding hydrogens is 369 g/mol. The van der Waals surface area contributed by atoms with Crippen molar-refractivity contribution in [3.63, 3.8) is 0 Å². The van der Waals surface area contributed by atoms with Gasteiger partial charge in [-0.2, -0.15) is 0 Å². The van der Waals surface area contributed by atoms with Crippen molar-refractivity contribution >= 4 is 52.4 Å². The Balaban J connectivity index is 0.00000121. The highest BCUT2D eigenvalue weighted by Crippen LogP contribution is 2.27. The largest absolute Gasteiger partial charge is 0.348 e. The maximum absolute atomic E-state index is 12.9. The lowest BCUT2D eigenvalue weighted by Gasteiger charge is -2.30. The molecule has 2 aromatic carbocycles. The number of hydrogen-bond acceptors (Lipinski definition) is 3. The standard InChI is InChI=1S/C20H21N3O.2ClH/c1-13-8-10-21-12-18(13)23-20(24)17-11-14-5-2-3-6-15(14)16-7-4-9-22-19(16)17;;/h2-7,9,11,13,18,21H,8,10,12H2,1H3,(H,23,24);2*1H. The van der Waals surface area contributed by atoms with Gasteiger partial charge in [-0.1, -0.05) is 37.3 Å². The first-order valence-electron chi connectivity index (χ1n) is 8.52. The van der Waals surface area contributed by atoms with Gasteiger partial charge >= 0.3 is 0 Å². The molecule has 4 rings (SSSR count). The van der Waals surface area contributed by atoms with Crippen molar-refractivity contribution in [2.45, 2.75) is 19.4 Å². The van der Waals surface area contributed by atoms with Crippen LogP contribution in [0.15, 0.2) is 48.7 Å². The summed E-state index contributed by atoms with van der Waals surface area (Å²) in [7, 11) is 0. The second-order valence-corrected chi connectivity index (χ2v) is 6.59. The van der Waals surface area contributed by atoms with E-state index in [9.17, 15) is 4.79 Å². The Morgan fingerprint density at radius 2 is 1.92 bits per heavy atom. The summed E-state index contributed by atoms with van der Waals surface area (Å²) in [4.78, 5) is 17.4. The van der Waals surface area contributed by atoms with Crippen molar-refractivity contribution in [2.24, 2.45) is 5.92 Å². The Morgan fingerprint density at radius 1 is 1.15 bits per heavy atom. The third-order valence-corrected chi connectivity index (χ3v) is 5.00. The van der Waals surface area contributed by atoms with Crippen LogP contribution in [0.5, 0.6) is 0 Å². The Bertz CT molecular complexity index is 916. The van der Waals surface area contributed by atoms with Crippen LogP contribution in [0.3, 0.4) is 0 Å². The minimum Gasteiger partial charge on any atom is -0.348 e. The van der Waals surface area contributed by atoms with E-state index in [1.54, 1.807) is 6.20 Å². The van der Waals surface area contributed by atoms with E-state index in [4.69, 9.17) is 0 Å². The maximum atomic E-state index is 12.9. The van der Waals surface area contributed by atoms with Crippen molar-refractivity contribution < 1.29 is 4.79 Å². The van der Waals surface area contributed by atoms with Gasteiger partial charge in [-0.3, -0.25) is 9.78 Å². The lowest BCUT2D eigenvalue weighted by molar-refractivity contribution is 0.0917. The van der Waals surface area contributed by atoms with E-state index in [0.717, 1.165) is 41.2 Å². The van der Waals surface area contributed by atoms with Crippen molar-refractivity contribution in [3.05, 3.63) is 54.2 Å². The summed E-state index contributed by atoms with van der Waals surface area (Å²) in [5.74, 6) is 0.444. The third-order valence-electron chi connectivity index (χ3n) is 5.00. The molecule has 0 spiro atoms. The van der Waals surface area contributed by atoms with E-state index >= 15 is 0 Å². The van der Waals surface area contributed by atoms with Gasteiger partial charge in [0.15, 0.2) is 0 Å². The van der Waals surface area contributed by atoms with E-state index in [-0.39, 0.29) is 36.8 Å². The lowest BCUT2D eigenvalue weighted by atomic mass is 9.94. The number of carbonyl (C=O) groups excluding carboxylic acids is 1. The van der Waals surface area contributed by atoms with Gasteiger partial charge in [-0.15, -0.1) is 24.8 Å². The Kier molecular flexibility index (Phi) is 6.81. The van der Waals surface area contributed by atoms with Crippen molar-refractivity contribution in [2.75, 3.05) is 13.1 Å². The molecule has 1 aliphatic heterocycles. The number of amides is 1. The van der Waals surface area contributed by atoms with Crippen LogP contribution >= 0.6 is 24.8 Å². The third kappa shape index (κ3) is 3.78. The average Bonchev–Trinajstić information content (AvgIpc) is 2.63. The van der Waals surface area contributed by atoms with Crippen LogP contribution in [0, 0.1) is 5.92 Å². The molecule has 0 aliphatic carbocycles. The summed E-state index contributed by atoms with van der Waals surface area (Å²) in [6.45, 7) is 4.04. The van der Waals surface area contributed by atoms with Crippen LogP contribution in [0.2, 0.25) is 0 Å². The molecule has 1 aromatic heterocycles. The summed E-state index contributed by atoms with van der Waals surface area (Å²) >= 11 is 0. The van der Waals surface area contributed by atoms with Crippen LogP contribution < -0.4 is 10.6 Å². The number of pyridine rings is 1. The highest BCUT2D eigenvalue weighted by molar-refractivity contribution is 6.15. The first kappa shape index (κ1) is 20.4. The van der Waals surface area contributed by atoms with Gasteiger partial charge in [0.2, 0.25) is 0 Å². The fourth-order valence-electron chi connectivity index (χ4n) is 3.53. The number of piperidine rings is 1. The average molecular weight is 392 g/mol. The van der Waals surface area contributed by atoms with Gasteiger partial charge in [0, 0.05) is 24.2 Å². The molecule has 2 unspecified atom stereocenters. The summed E-state index contributed by atoms with van der Waals surface area (Å²) in [6.07, 6.45) is 2.83. The van der Waals surface area contributed by atoms with Gasteiger partial charge < -0.3 is 10.6 Å². The van der Waals surface area contributed by atoms with Crippen molar-refractivity contribution in [1.82, 2.24) is 15.6 Å². The van der Waals surface area contributed by atoms with E-state index in [1.807, 2.05) is 36.4 Å². The predicted molar refractivity (Wildman–Crippen MR) is 112 cm³/mol. The Hall–Kier alpha value is -1.88. The lowest BCUT2D eigenvalue weighted by Crippen LogP contribution is -2.50. The molecule has 2 N–H and O–H groups in total. The van der Waals surface area contributed by atoms with Crippen molar-refractivity contribution in [1.29, 1.82) is 0 Å². The minimum atomic E-state index is -0.0370. The van der Waals surface area contributed by atoms with Gasteiger partial charge in [0.1, 0.15) is 0 Å². The molecule has 26 heavy (non-hydrogen) atoms.